The van der Waals surface area contributed by atoms with Gasteiger partial charge >= 0.3 is 6.09 Å². The van der Waals surface area contributed by atoms with Gasteiger partial charge in [-0.05, 0) is 63.1 Å². The minimum absolute atomic E-state index is 0.0913. The van der Waals surface area contributed by atoms with E-state index in [9.17, 15) is 9.59 Å². The van der Waals surface area contributed by atoms with Crippen molar-refractivity contribution in [2.75, 3.05) is 13.7 Å². The summed E-state index contributed by atoms with van der Waals surface area (Å²) in [7, 11) is 1.64. The normalized spacial score (nSPS) is 13.5. The van der Waals surface area contributed by atoms with Gasteiger partial charge in [0.15, 0.2) is 0 Å². The lowest BCUT2D eigenvalue weighted by Gasteiger charge is -2.22. The summed E-state index contributed by atoms with van der Waals surface area (Å²) < 4.78 is 10.4. The zero-order chi connectivity index (χ0) is 20.9. The van der Waals surface area contributed by atoms with Crippen LogP contribution in [0.1, 0.15) is 46.1 Å². The molecule has 2 rings (SSSR count). The van der Waals surface area contributed by atoms with Gasteiger partial charge in [0, 0.05) is 12.6 Å². The van der Waals surface area contributed by atoms with Gasteiger partial charge in [0.05, 0.1) is 13.0 Å². The number of hydrogen-bond donors (Lipinski definition) is 2. The standard InChI is InChI=1S/C22H30N2O4/c1-14(13-23-21(26)28-22(3,4)5)24-20(25)15(2)16-7-8-18-12-19(27-6)10-9-17(18)11-16/h7-12,14-15H,13H2,1-6H3,(H,23,26)(H,24,25). The van der Waals surface area contributed by atoms with E-state index in [1.54, 1.807) is 27.9 Å². The van der Waals surface area contributed by atoms with E-state index in [2.05, 4.69) is 10.6 Å². The predicted molar refractivity (Wildman–Crippen MR) is 111 cm³/mol. The molecule has 0 fully saturated rings. The van der Waals surface area contributed by atoms with Gasteiger partial charge in [0.1, 0.15) is 11.4 Å². The number of rotatable bonds is 6. The molecule has 2 aromatic rings. The molecule has 2 unspecified atom stereocenters. The van der Waals surface area contributed by atoms with Crippen LogP contribution in [-0.4, -0.2) is 37.3 Å². The number of ether oxygens (including phenoxy) is 2. The third-order valence-electron chi connectivity index (χ3n) is 4.30. The molecule has 0 saturated heterocycles. The van der Waals surface area contributed by atoms with E-state index >= 15 is 0 Å². The minimum atomic E-state index is -0.550. The van der Waals surface area contributed by atoms with Crippen molar-refractivity contribution in [3.63, 3.8) is 0 Å². The van der Waals surface area contributed by atoms with Crippen LogP contribution < -0.4 is 15.4 Å². The largest absolute Gasteiger partial charge is 0.497 e. The zero-order valence-electron chi connectivity index (χ0n) is 17.5. The second-order valence-electron chi connectivity index (χ2n) is 7.99. The van der Waals surface area contributed by atoms with Crippen LogP contribution in [0.3, 0.4) is 0 Å². The molecule has 6 heteroatoms. The lowest BCUT2D eigenvalue weighted by molar-refractivity contribution is -0.122. The van der Waals surface area contributed by atoms with Crippen LogP contribution in [0.5, 0.6) is 5.75 Å². The molecule has 0 heterocycles. The van der Waals surface area contributed by atoms with Crippen LogP contribution in [0.25, 0.3) is 10.8 Å². The summed E-state index contributed by atoms with van der Waals surface area (Å²) in [6, 6.07) is 11.6. The molecule has 0 aliphatic carbocycles. The highest BCUT2D eigenvalue weighted by Gasteiger charge is 2.19. The maximum Gasteiger partial charge on any atom is 0.407 e. The molecular formula is C22H30N2O4. The molecule has 0 saturated carbocycles. The molecule has 6 nitrogen and oxygen atoms in total. The number of benzene rings is 2. The summed E-state index contributed by atoms with van der Waals surface area (Å²) in [5, 5.41) is 7.72. The van der Waals surface area contributed by atoms with E-state index in [4.69, 9.17) is 9.47 Å². The first-order valence-corrected chi connectivity index (χ1v) is 9.44. The Morgan fingerprint density at radius 1 is 1.04 bits per heavy atom. The van der Waals surface area contributed by atoms with Crippen molar-refractivity contribution in [3.8, 4) is 5.75 Å². The van der Waals surface area contributed by atoms with Crippen LogP contribution in [-0.2, 0) is 9.53 Å². The molecule has 2 atom stereocenters. The maximum absolute atomic E-state index is 12.6. The number of nitrogens with one attached hydrogen (secondary N) is 2. The van der Waals surface area contributed by atoms with E-state index in [1.165, 1.54) is 0 Å². The number of carbonyl (C=O) groups excluding carboxylic acids is 2. The van der Waals surface area contributed by atoms with Crippen LogP contribution in [0.15, 0.2) is 36.4 Å². The highest BCUT2D eigenvalue weighted by atomic mass is 16.6. The first kappa shape index (κ1) is 21.5. The first-order chi connectivity index (χ1) is 13.1. The van der Waals surface area contributed by atoms with E-state index in [1.807, 2.05) is 50.2 Å². The zero-order valence-corrected chi connectivity index (χ0v) is 17.5. The number of hydrogen-bond acceptors (Lipinski definition) is 4. The van der Waals surface area contributed by atoms with Crippen molar-refractivity contribution in [2.24, 2.45) is 0 Å². The lowest BCUT2D eigenvalue weighted by Crippen LogP contribution is -2.44. The Morgan fingerprint density at radius 3 is 2.32 bits per heavy atom. The summed E-state index contributed by atoms with van der Waals surface area (Å²) in [6.07, 6.45) is -0.494. The fraction of sp³-hybridized carbons (Fsp3) is 0.455. The van der Waals surface area contributed by atoms with E-state index < -0.39 is 11.7 Å². The molecule has 2 aromatic carbocycles. The number of alkyl carbamates (subject to hydrolysis) is 1. The fourth-order valence-corrected chi connectivity index (χ4v) is 2.76. The summed E-state index contributed by atoms with van der Waals surface area (Å²) in [6.45, 7) is 9.42. The highest BCUT2D eigenvalue weighted by Crippen LogP contribution is 2.25. The quantitative estimate of drug-likeness (QED) is 0.787. The Hall–Kier alpha value is -2.76. The van der Waals surface area contributed by atoms with Crippen LogP contribution in [0.4, 0.5) is 4.79 Å². The topological polar surface area (TPSA) is 76.7 Å². The van der Waals surface area contributed by atoms with Gasteiger partial charge in [-0.3, -0.25) is 4.79 Å². The number of amides is 2. The molecule has 0 spiro atoms. The Kier molecular flexibility index (Phi) is 6.89. The Balaban J connectivity index is 1.94. The number of fused-ring (bicyclic) bond motifs is 1. The molecule has 152 valence electrons. The smallest absolute Gasteiger partial charge is 0.407 e. The summed E-state index contributed by atoms with van der Waals surface area (Å²) >= 11 is 0. The van der Waals surface area contributed by atoms with Gasteiger partial charge in [-0.25, -0.2) is 4.79 Å². The number of methoxy groups -OCH3 is 1. The average Bonchev–Trinajstić information content (AvgIpc) is 2.63. The molecular weight excluding hydrogens is 356 g/mol. The van der Waals surface area contributed by atoms with E-state index in [-0.39, 0.29) is 17.9 Å². The molecule has 0 aliphatic heterocycles. The van der Waals surface area contributed by atoms with Crippen molar-refractivity contribution in [1.82, 2.24) is 10.6 Å². The number of carbonyl (C=O) groups is 2. The van der Waals surface area contributed by atoms with Crippen molar-refractivity contribution in [2.45, 2.75) is 52.2 Å². The predicted octanol–water partition coefficient (Wildman–Crippen LogP) is 3.98. The second kappa shape index (κ2) is 8.95. The molecule has 28 heavy (non-hydrogen) atoms. The molecule has 0 radical (unpaired) electrons. The van der Waals surface area contributed by atoms with Crippen molar-refractivity contribution in [3.05, 3.63) is 42.0 Å². The highest BCUT2D eigenvalue weighted by molar-refractivity contribution is 5.88. The van der Waals surface area contributed by atoms with Gasteiger partial charge < -0.3 is 20.1 Å². The van der Waals surface area contributed by atoms with E-state index in [0.717, 1.165) is 22.1 Å². The summed E-state index contributed by atoms with van der Waals surface area (Å²) in [4.78, 5) is 24.3. The molecule has 2 amide bonds. The average molecular weight is 386 g/mol. The Morgan fingerprint density at radius 2 is 1.68 bits per heavy atom. The van der Waals surface area contributed by atoms with E-state index in [0.29, 0.717) is 6.54 Å². The Bertz CT molecular complexity index is 842. The van der Waals surface area contributed by atoms with Crippen molar-refractivity contribution < 1.29 is 19.1 Å². The second-order valence-corrected chi connectivity index (χ2v) is 7.99. The van der Waals surface area contributed by atoms with Gasteiger partial charge in [-0.1, -0.05) is 24.3 Å². The van der Waals surface area contributed by atoms with Gasteiger partial charge in [0.25, 0.3) is 0 Å². The van der Waals surface area contributed by atoms with Gasteiger partial charge in [-0.15, -0.1) is 0 Å². The van der Waals surface area contributed by atoms with Crippen LogP contribution in [0, 0.1) is 0 Å². The fourth-order valence-electron chi connectivity index (χ4n) is 2.76. The van der Waals surface area contributed by atoms with Crippen molar-refractivity contribution >= 4 is 22.8 Å². The van der Waals surface area contributed by atoms with Crippen LogP contribution in [0.2, 0.25) is 0 Å². The first-order valence-electron chi connectivity index (χ1n) is 9.44. The van der Waals surface area contributed by atoms with Crippen LogP contribution >= 0.6 is 0 Å². The molecule has 0 aliphatic rings. The van der Waals surface area contributed by atoms with Gasteiger partial charge in [-0.2, -0.15) is 0 Å². The SMILES string of the molecule is COc1ccc2cc(C(C)C(=O)NC(C)CNC(=O)OC(C)(C)C)ccc2c1. The molecule has 0 aromatic heterocycles. The monoisotopic (exact) mass is 386 g/mol. The third-order valence-corrected chi connectivity index (χ3v) is 4.30. The summed E-state index contributed by atoms with van der Waals surface area (Å²) in [5.41, 5.74) is 0.382. The van der Waals surface area contributed by atoms with Gasteiger partial charge in [0.2, 0.25) is 5.91 Å². The Labute approximate surface area is 166 Å². The molecule has 2 N–H and O–H groups in total. The molecule has 0 bridgehead atoms. The minimum Gasteiger partial charge on any atom is -0.497 e. The lowest BCUT2D eigenvalue weighted by atomic mass is 9.96. The van der Waals surface area contributed by atoms with Crippen molar-refractivity contribution in [1.29, 1.82) is 0 Å². The summed E-state index contributed by atoms with van der Waals surface area (Å²) in [5.74, 6) is 0.402. The maximum atomic E-state index is 12.6. The third kappa shape index (κ3) is 6.15.